The zero-order chi connectivity index (χ0) is 18.0. The first-order chi connectivity index (χ1) is 12.0. The maximum absolute atomic E-state index is 11.1. The van der Waals surface area contributed by atoms with E-state index in [4.69, 9.17) is 4.74 Å². The van der Waals surface area contributed by atoms with Crippen molar-refractivity contribution in [3.05, 3.63) is 45.6 Å². The van der Waals surface area contributed by atoms with Gasteiger partial charge in [-0.05, 0) is 32.8 Å². The molecule has 0 amide bonds. The minimum atomic E-state index is -0.471. The Morgan fingerprint density at radius 2 is 2.16 bits per heavy atom. The number of methoxy groups -OCH3 is 1. The molecule has 8 heteroatoms. The molecule has 1 aromatic carbocycles. The number of hydrogen-bond donors (Lipinski definition) is 2. The lowest BCUT2D eigenvalue weighted by molar-refractivity contribution is -0.384. The van der Waals surface area contributed by atoms with E-state index in [0.29, 0.717) is 5.95 Å². The fraction of sp³-hybridized carbons (Fsp3) is 0.412. The van der Waals surface area contributed by atoms with Gasteiger partial charge in [0.15, 0.2) is 0 Å². The Bertz CT molecular complexity index is 792. The van der Waals surface area contributed by atoms with Crippen molar-refractivity contribution in [2.45, 2.75) is 38.8 Å². The molecule has 2 N–H and O–H groups in total. The quantitative estimate of drug-likeness (QED) is 0.586. The summed E-state index contributed by atoms with van der Waals surface area (Å²) in [7, 11) is 1.63. The van der Waals surface area contributed by atoms with Crippen molar-refractivity contribution in [2.75, 3.05) is 17.7 Å². The first-order valence-electron chi connectivity index (χ1n) is 8.17. The van der Waals surface area contributed by atoms with Gasteiger partial charge in [0.25, 0.3) is 0 Å². The average molecular weight is 343 g/mol. The second kappa shape index (κ2) is 6.92. The van der Waals surface area contributed by atoms with Gasteiger partial charge in [0.05, 0.1) is 18.1 Å². The number of aryl methyl sites for hydroxylation is 1. The topological polar surface area (TPSA) is 102 Å². The molecule has 0 saturated heterocycles. The van der Waals surface area contributed by atoms with Crippen LogP contribution >= 0.6 is 0 Å². The number of rotatable bonds is 7. The molecule has 0 spiro atoms. The smallest absolute Gasteiger partial charge is 0.329 e. The molecule has 1 unspecified atom stereocenters. The third-order valence-corrected chi connectivity index (χ3v) is 4.08. The van der Waals surface area contributed by atoms with Gasteiger partial charge in [-0.2, -0.15) is 4.98 Å². The van der Waals surface area contributed by atoms with Crippen LogP contribution in [0.4, 0.5) is 17.5 Å². The number of anilines is 2. The molecule has 0 aliphatic heterocycles. The van der Waals surface area contributed by atoms with E-state index < -0.39 is 4.92 Å². The lowest BCUT2D eigenvalue weighted by Crippen LogP contribution is -2.13. The number of hydrogen-bond acceptors (Lipinski definition) is 7. The molecule has 1 saturated carbocycles. The molecule has 2 aromatic rings. The number of aromatic nitrogens is 2. The third kappa shape index (κ3) is 3.96. The first kappa shape index (κ1) is 16.9. The number of benzene rings is 1. The van der Waals surface area contributed by atoms with Crippen molar-refractivity contribution in [2.24, 2.45) is 0 Å². The Morgan fingerprint density at radius 1 is 1.40 bits per heavy atom. The number of nitrogens with one attached hydrogen (secondary N) is 2. The van der Waals surface area contributed by atoms with E-state index >= 15 is 0 Å². The van der Waals surface area contributed by atoms with Gasteiger partial charge in [0.2, 0.25) is 11.8 Å². The van der Waals surface area contributed by atoms with Crippen molar-refractivity contribution < 1.29 is 9.66 Å². The molecule has 1 aromatic heterocycles. The zero-order valence-electron chi connectivity index (χ0n) is 14.4. The predicted molar refractivity (Wildman–Crippen MR) is 95.1 cm³/mol. The number of nitrogens with zero attached hydrogens (tertiary/aromatic N) is 3. The van der Waals surface area contributed by atoms with Crippen LogP contribution in [0.25, 0.3) is 0 Å². The lowest BCUT2D eigenvalue weighted by atomic mass is 10.0. The van der Waals surface area contributed by atoms with E-state index in [1.54, 1.807) is 7.11 Å². The molecule has 1 fully saturated rings. The molecule has 0 bridgehead atoms. The Hall–Kier alpha value is -2.90. The van der Waals surface area contributed by atoms with E-state index in [-0.39, 0.29) is 23.6 Å². The van der Waals surface area contributed by atoms with Gasteiger partial charge >= 0.3 is 5.69 Å². The summed E-state index contributed by atoms with van der Waals surface area (Å²) in [6, 6.07) is 6.07. The second-order valence-corrected chi connectivity index (χ2v) is 6.21. The number of nitro groups is 1. The van der Waals surface area contributed by atoms with Crippen LogP contribution in [0.15, 0.2) is 24.4 Å². The molecule has 1 heterocycles. The summed E-state index contributed by atoms with van der Waals surface area (Å²) >= 11 is 0. The average Bonchev–Trinajstić information content (AvgIpc) is 3.38. The van der Waals surface area contributed by atoms with Gasteiger partial charge in [-0.1, -0.05) is 17.7 Å². The van der Waals surface area contributed by atoms with Crippen LogP contribution in [0.5, 0.6) is 5.75 Å². The van der Waals surface area contributed by atoms with Crippen molar-refractivity contribution in [1.29, 1.82) is 0 Å². The standard InChI is InChI=1S/C17H21N5O3/c1-10-4-7-15(25-3)13(8-10)11(2)19-17-18-9-14(22(23)24)16(21-17)20-12-5-6-12/h4,7-9,11-12H,5-6H2,1-3H3,(H2,18,19,20,21). The molecular formula is C17H21N5O3. The van der Waals surface area contributed by atoms with Gasteiger partial charge in [-0.25, -0.2) is 4.98 Å². The van der Waals surface area contributed by atoms with Crippen LogP contribution in [0.1, 0.15) is 36.9 Å². The summed E-state index contributed by atoms with van der Waals surface area (Å²) in [5.74, 6) is 1.36. The van der Waals surface area contributed by atoms with Crippen molar-refractivity contribution in [3.8, 4) is 5.75 Å². The summed E-state index contributed by atoms with van der Waals surface area (Å²) in [5.41, 5.74) is 1.98. The molecule has 1 atom stereocenters. The minimum Gasteiger partial charge on any atom is -0.496 e. The van der Waals surface area contributed by atoms with E-state index in [9.17, 15) is 10.1 Å². The van der Waals surface area contributed by atoms with Crippen LogP contribution < -0.4 is 15.4 Å². The summed E-state index contributed by atoms with van der Waals surface area (Å²) in [5, 5.41) is 17.4. The Kier molecular flexibility index (Phi) is 4.69. The summed E-state index contributed by atoms with van der Waals surface area (Å²) in [6.45, 7) is 3.98. The minimum absolute atomic E-state index is 0.113. The molecule has 1 aliphatic rings. The fourth-order valence-corrected chi connectivity index (χ4v) is 2.57. The predicted octanol–water partition coefficient (Wildman–Crippen LogP) is 3.45. The van der Waals surface area contributed by atoms with Crippen LogP contribution in [-0.2, 0) is 0 Å². The fourth-order valence-electron chi connectivity index (χ4n) is 2.57. The Balaban J connectivity index is 1.84. The van der Waals surface area contributed by atoms with E-state index in [1.807, 2.05) is 32.0 Å². The maximum atomic E-state index is 11.1. The monoisotopic (exact) mass is 343 g/mol. The van der Waals surface area contributed by atoms with Crippen molar-refractivity contribution in [3.63, 3.8) is 0 Å². The van der Waals surface area contributed by atoms with Gasteiger partial charge in [-0.3, -0.25) is 10.1 Å². The summed E-state index contributed by atoms with van der Waals surface area (Å²) in [4.78, 5) is 19.1. The SMILES string of the molecule is COc1ccc(C)cc1C(C)Nc1ncc([N+](=O)[O-])c(NC2CC2)n1. The first-order valence-corrected chi connectivity index (χ1v) is 8.17. The van der Waals surface area contributed by atoms with E-state index in [0.717, 1.165) is 29.7 Å². The molecule has 8 nitrogen and oxygen atoms in total. The highest BCUT2D eigenvalue weighted by molar-refractivity contribution is 5.58. The highest BCUT2D eigenvalue weighted by atomic mass is 16.6. The third-order valence-electron chi connectivity index (χ3n) is 4.08. The number of ether oxygens (including phenoxy) is 1. The summed E-state index contributed by atoms with van der Waals surface area (Å²) in [6.07, 6.45) is 3.24. The van der Waals surface area contributed by atoms with Gasteiger partial charge < -0.3 is 15.4 Å². The van der Waals surface area contributed by atoms with E-state index in [1.165, 1.54) is 6.20 Å². The van der Waals surface area contributed by atoms with Crippen LogP contribution in [-0.4, -0.2) is 28.0 Å². The Morgan fingerprint density at radius 3 is 2.80 bits per heavy atom. The Labute approximate surface area is 145 Å². The molecule has 3 rings (SSSR count). The highest BCUT2D eigenvalue weighted by Crippen LogP contribution is 2.31. The highest BCUT2D eigenvalue weighted by Gasteiger charge is 2.26. The van der Waals surface area contributed by atoms with Gasteiger partial charge in [0.1, 0.15) is 11.9 Å². The van der Waals surface area contributed by atoms with Crippen LogP contribution in [0, 0.1) is 17.0 Å². The molecule has 1 aliphatic carbocycles. The molecular weight excluding hydrogens is 322 g/mol. The van der Waals surface area contributed by atoms with Crippen LogP contribution in [0.2, 0.25) is 0 Å². The normalized spacial score (nSPS) is 14.7. The molecule has 132 valence electrons. The summed E-state index contributed by atoms with van der Waals surface area (Å²) < 4.78 is 5.41. The van der Waals surface area contributed by atoms with E-state index in [2.05, 4.69) is 20.6 Å². The van der Waals surface area contributed by atoms with Gasteiger partial charge in [0, 0.05) is 11.6 Å². The second-order valence-electron chi connectivity index (χ2n) is 6.21. The maximum Gasteiger partial charge on any atom is 0.329 e. The lowest BCUT2D eigenvalue weighted by Gasteiger charge is -2.18. The van der Waals surface area contributed by atoms with Crippen LogP contribution in [0.3, 0.4) is 0 Å². The molecule has 0 radical (unpaired) electrons. The van der Waals surface area contributed by atoms with Crippen molar-refractivity contribution >= 4 is 17.5 Å². The zero-order valence-corrected chi connectivity index (χ0v) is 14.4. The largest absolute Gasteiger partial charge is 0.496 e. The van der Waals surface area contributed by atoms with Crippen molar-refractivity contribution in [1.82, 2.24) is 9.97 Å². The van der Waals surface area contributed by atoms with Gasteiger partial charge in [-0.15, -0.1) is 0 Å². The molecule has 25 heavy (non-hydrogen) atoms.